The molecule has 0 radical (unpaired) electrons. The normalized spacial score (nSPS) is 11.1. The molecule has 0 aliphatic rings. The van der Waals surface area contributed by atoms with E-state index in [0.717, 1.165) is 24.5 Å². The first-order chi connectivity index (χ1) is 12.5. The number of anilines is 1. The van der Waals surface area contributed by atoms with Crippen molar-refractivity contribution in [2.24, 2.45) is 0 Å². The summed E-state index contributed by atoms with van der Waals surface area (Å²) >= 11 is 1.71. The van der Waals surface area contributed by atoms with Crippen LogP contribution in [0.15, 0.2) is 47.8 Å². The van der Waals surface area contributed by atoms with Gasteiger partial charge in [0.05, 0.1) is 17.9 Å². The minimum absolute atomic E-state index is 0.0309. The molecule has 0 unspecified atom stereocenters. The van der Waals surface area contributed by atoms with Gasteiger partial charge in [0, 0.05) is 17.5 Å². The van der Waals surface area contributed by atoms with Gasteiger partial charge in [-0.05, 0) is 44.0 Å². The van der Waals surface area contributed by atoms with Crippen molar-refractivity contribution in [2.75, 3.05) is 18.4 Å². The predicted molar refractivity (Wildman–Crippen MR) is 107 cm³/mol. The second-order valence-corrected chi connectivity index (χ2v) is 7.38. The van der Waals surface area contributed by atoms with Crippen molar-refractivity contribution in [3.8, 4) is 5.69 Å². The summed E-state index contributed by atoms with van der Waals surface area (Å²) < 4.78 is 1.78. The quantitative estimate of drug-likeness (QED) is 0.685. The second-order valence-electron chi connectivity index (χ2n) is 6.35. The van der Waals surface area contributed by atoms with Crippen LogP contribution in [0.4, 0.5) is 5.82 Å². The van der Waals surface area contributed by atoms with Crippen LogP contribution >= 0.6 is 11.3 Å². The molecule has 0 fully saturated rings. The average Bonchev–Trinajstić information content (AvgIpc) is 3.24. The lowest BCUT2D eigenvalue weighted by molar-refractivity contribution is -0.117. The van der Waals surface area contributed by atoms with Gasteiger partial charge in [0.25, 0.3) is 0 Å². The fourth-order valence-electron chi connectivity index (χ4n) is 2.76. The zero-order valence-electron chi connectivity index (χ0n) is 15.4. The third kappa shape index (κ3) is 4.59. The summed E-state index contributed by atoms with van der Waals surface area (Å²) in [6.07, 6.45) is 0. The first kappa shape index (κ1) is 18.4. The Bertz CT molecular complexity index is 853. The third-order valence-electron chi connectivity index (χ3n) is 4.15. The SMILES string of the molecule is CCN(CC(=O)Nc1cc(C)nn1-c1ccc(C)cc1)Cc1cccs1. The molecule has 2 heterocycles. The molecular formula is C20H24N4OS. The van der Waals surface area contributed by atoms with Crippen molar-refractivity contribution in [1.82, 2.24) is 14.7 Å². The van der Waals surface area contributed by atoms with Crippen LogP contribution in [0.5, 0.6) is 0 Å². The number of nitrogens with one attached hydrogen (secondary N) is 1. The van der Waals surface area contributed by atoms with Crippen LogP contribution in [0, 0.1) is 13.8 Å². The Morgan fingerprint density at radius 3 is 2.65 bits per heavy atom. The largest absolute Gasteiger partial charge is 0.309 e. The minimum Gasteiger partial charge on any atom is -0.309 e. The fourth-order valence-corrected chi connectivity index (χ4v) is 3.51. The maximum absolute atomic E-state index is 12.6. The molecular weight excluding hydrogens is 344 g/mol. The van der Waals surface area contributed by atoms with Gasteiger partial charge in [-0.25, -0.2) is 4.68 Å². The van der Waals surface area contributed by atoms with E-state index in [4.69, 9.17) is 0 Å². The lowest BCUT2D eigenvalue weighted by Crippen LogP contribution is -2.33. The van der Waals surface area contributed by atoms with Crippen LogP contribution in [0.3, 0.4) is 0 Å². The molecule has 6 heteroatoms. The molecule has 0 bridgehead atoms. The molecule has 0 saturated carbocycles. The van der Waals surface area contributed by atoms with Crippen LogP contribution < -0.4 is 5.32 Å². The number of nitrogens with zero attached hydrogens (tertiary/aromatic N) is 3. The Morgan fingerprint density at radius 2 is 2.00 bits per heavy atom. The van der Waals surface area contributed by atoms with Crippen molar-refractivity contribution in [3.05, 3.63) is 64.0 Å². The van der Waals surface area contributed by atoms with Crippen LogP contribution in [0.1, 0.15) is 23.1 Å². The molecule has 26 heavy (non-hydrogen) atoms. The van der Waals surface area contributed by atoms with Crippen molar-refractivity contribution in [1.29, 1.82) is 0 Å². The number of rotatable bonds is 7. The molecule has 136 valence electrons. The second kappa shape index (κ2) is 8.29. The van der Waals surface area contributed by atoms with Crippen LogP contribution in [0.2, 0.25) is 0 Å². The molecule has 0 aliphatic carbocycles. The smallest absolute Gasteiger partial charge is 0.239 e. The standard InChI is InChI=1S/C20H24N4OS/c1-4-23(13-18-6-5-11-26-18)14-20(25)21-19-12-16(3)22-24(19)17-9-7-15(2)8-10-17/h5-12H,4,13-14H2,1-3H3,(H,21,25). The topological polar surface area (TPSA) is 50.2 Å². The summed E-state index contributed by atoms with van der Waals surface area (Å²) in [7, 11) is 0. The molecule has 0 spiro atoms. The van der Waals surface area contributed by atoms with Crippen LogP contribution in [-0.2, 0) is 11.3 Å². The molecule has 2 aromatic heterocycles. The number of aromatic nitrogens is 2. The highest BCUT2D eigenvalue weighted by Crippen LogP contribution is 2.18. The van der Waals surface area contributed by atoms with Gasteiger partial charge >= 0.3 is 0 Å². The lowest BCUT2D eigenvalue weighted by Gasteiger charge is -2.19. The summed E-state index contributed by atoms with van der Waals surface area (Å²) in [6.45, 7) is 8.01. The molecule has 0 aliphatic heterocycles. The summed E-state index contributed by atoms with van der Waals surface area (Å²) in [4.78, 5) is 16.0. The van der Waals surface area contributed by atoms with Gasteiger partial charge < -0.3 is 5.32 Å². The van der Waals surface area contributed by atoms with Crippen LogP contribution in [0.25, 0.3) is 5.69 Å². The molecule has 3 rings (SSSR count). The van der Waals surface area contributed by atoms with Crippen molar-refractivity contribution < 1.29 is 4.79 Å². The highest BCUT2D eigenvalue weighted by Gasteiger charge is 2.14. The van der Waals surface area contributed by atoms with Gasteiger partial charge in [-0.2, -0.15) is 5.10 Å². The average molecular weight is 369 g/mol. The summed E-state index contributed by atoms with van der Waals surface area (Å²) in [5.74, 6) is 0.667. The molecule has 1 N–H and O–H groups in total. The van der Waals surface area contributed by atoms with Crippen molar-refractivity contribution >= 4 is 23.1 Å². The summed E-state index contributed by atoms with van der Waals surface area (Å²) in [6, 6.07) is 14.1. The van der Waals surface area contributed by atoms with Gasteiger partial charge in [0.1, 0.15) is 5.82 Å². The molecule has 1 aromatic carbocycles. The highest BCUT2D eigenvalue weighted by atomic mass is 32.1. The Labute approximate surface area is 158 Å². The number of amides is 1. The minimum atomic E-state index is -0.0309. The third-order valence-corrected chi connectivity index (χ3v) is 5.01. The zero-order chi connectivity index (χ0) is 18.5. The number of likely N-dealkylation sites (N-methyl/N-ethyl adjacent to an activating group) is 1. The Morgan fingerprint density at radius 1 is 1.23 bits per heavy atom. The first-order valence-corrected chi connectivity index (χ1v) is 9.61. The fraction of sp³-hybridized carbons (Fsp3) is 0.300. The summed E-state index contributed by atoms with van der Waals surface area (Å²) in [5, 5.41) is 9.59. The van der Waals surface area contributed by atoms with Gasteiger partial charge in [-0.15, -0.1) is 11.3 Å². The van der Waals surface area contributed by atoms with Crippen molar-refractivity contribution in [2.45, 2.75) is 27.3 Å². The van der Waals surface area contributed by atoms with E-state index in [1.54, 1.807) is 16.0 Å². The van der Waals surface area contributed by atoms with Gasteiger partial charge in [-0.3, -0.25) is 9.69 Å². The van der Waals surface area contributed by atoms with Crippen molar-refractivity contribution in [3.63, 3.8) is 0 Å². The summed E-state index contributed by atoms with van der Waals surface area (Å²) in [5.41, 5.74) is 2.99. The molecule has 3 aromatic rings. The lowest BCUT2D eigenvalue weighted by atomic mass is 10.2. The number of thiophene rings is 1. The highest BCUT2D eigenvalue weighted by molar-refractivity contribution is 7.09. The van der Waals surface area contributed by atoms with Crippen LogP contribution in [-0.4, -0.2) is 33.7 Å². The van der Waals surface area contributed by atoms with E-state index in [0.29, 0.717) is 12.4 Å². The van der Waals surface area contributed by atoms with E-state index in [1.165, 1.54) is 10.4 Å². The number of hydrogen-bond donors (Lipinski definition) is 1. The van der Waals surface area contributed by atoms with E-state index in [9.17, 15) is 4.79 Å². The van der Waals surface area contributed by atoms with E-state index >= 15 is 0 Å². The van der Waals surface area contributed by atoms with E-state index in [2.05, 4.69) is 33.7 Å². The number of benzene rings is 1. The molecule has 5 nitrogen and oxygen atoms in total. The predicted octanol–water partition coefficient (Wildman–Crippen LogP) is 4.01. The Hall–Kier alpha value is -2.44. The van der Waals surface area contributed by atoms with E-state index < -0.39 is 0 Å². The number of aryl methyl sites for hydroxylation is 2. The zero-order valence-corrected chi connectivity index (χ0v) is 16.2. The first-order valence-electron chi connectivity index (χ1n) is 8.73. The molecule has 1 amide bonds. The van der Waals surface area contributed by atoms with Gasteiger partial charge in [-0.1, -0.05) is 30.7 Å². The molecule has 0 saturated heterocycles. The van der Waals surface area contributed by atoms with E-state index in [-0.39, 0.29) is 5.91 Å². The van der Waals surface area contributed by atoms with Gasteiger partial charge in [0.2, 0.25) is 5.91 Å². The Kier molecular flexibility index (Phi) is 5.85. The number of hydrogen-bond acceptors (Lipinski definition) is 4. The Balaban J connectivity index is 1.70. The monoisotopic (exact) mass is 368 g/mol. The number of carbonyl (C=O) groups excluding carboxylic acids is 1. The number of carbonyl (C=O) groups is 1. The van der Waals surface area contributed by atoms with Gasteiger partial charge in [0.15, 0.2) is 0 Å². The molecule has 0 atom stereocenters. The maximum Gasteiger partial charge on any atom is 0.239 e. The van der Waals surface area contributed by atoms with E-state index in [1.807, 2.05) is 50.2 Å². The maximum atomic E-state index is 12.6.